The predicted octanol–water partition coefficient (Wildman–Crippen LogP) is 2.04. The Morgan fingerprint density at radius 2 is 2.05 bits per heavy atom. The van der Waals surface area contributed by atoms with Crippen molar-refractivity contribution in [2.75, 3.05) is 20.7 Å². The lowest BCUT2D eigenvalue weighted by Gasteiger charge is -2.20. The van der Waals surface area contributed by atoms with Gasteiger partial charge in [0.1, 0.15) is 5.75 Å². The van der Waals surface area contributed by atoms with Crippen LogP contribution in [0.3, 0.4) is 0 Å². The number of nitrogens with zero attached hydrogens (tertiary/aromatic N) is 1. The standard InChI is InChI=1S/C15H24N2O2/c1-10(2)13-7-12(9-17(4)15(18)8-16)11(3)6-14(13)19-5/h6-7,10H,8-9,16H2,1-5H3. The van der Waals surface area contributed by atoms with Crippen LogP contribution in [-0.2, 0) is 11.3 Å². The zero-order valence-electron chi connectivity index (χ0n) is 12.5. The molecule has 0 bridgehead atoms. The third-order valence-corrected chi connectivity index (χ3v) is 3.32. The first-order valence-electron chi connectivity index (χ1n) is 6.52. The lowest BCUT2D eigenvalue weighted by Crippen LogP contribution is -2.32. The van der Waals surface area contributed by atoms with Gasteiger partial charge in [-0.15, -0.1) is 0 Å². The third-order valence-electron chi connectivity index (χ3n) is 3.32. The Morgan fingerprint density at radius 1 is 1.42 bits per heavy atom. The highest BCUT2D eigenvalue weighted by atomic mass is 16.5. The third kappa shape index (κ3) is 3.70. The Labute approximate surface area is 115 Å². The van der Waals surface area contributed by atoms with Crippen molar-refractivity contribution in [3.8, 4) is 5.75 Å². The van der Waals surface area contributed by atoms with Crippen LogP contribution in [0.2, 0.25) is 0 Å². The number of methoxy groups -OCH3 is 1. The number of nitrogens with two attached hydrogens (primary N) is 1. The van der Waals surface area contributed by atoms with Gasteiger partial charge in [-0.2, -0.15) is 0 Å². The molecule has 1 aromatic carbocycles. The number of carbonyl (C=O) groups excluding carboxylic acids is 1. The number of benzene rings is 1. The highest BCUT2D eigenvalue weighted by Crippen LogP contribution is 2.30. The van der Waals surface area contributed by atoms with Crippen molar-refractivity contribution in [2.45, 2.75) is 33.2 Å². The molecule has 106 valence electrons. The van der Waals surface area contributed by atoms with E-state index in [-0.39, 0.29) is 12.5 Å². The molecule has 0 aliphatic carbocycles. The van der Waals surface area contributed by atoms with E-state index in [0.717, 1.165) is 22.4 Å². The first kappa shape index (κ1) is 15.5. The van der Waals surface area contributed by atoms with Crippen molar-refractivity contribution >= 4 is 5.91 Å². The second-order valence-corrected chi connectivity index (χ2v) is 5.13. The summed E-state index contributed by atoms with van der Waals surface area (Å²) in [5, 5.41) is 0. The summed E-state index contributed by atoms with van der Waals surface area (Å²) in [4.78, 5) is 13.2. The lowest BCUT2D eigenvalue weighted by molar-refractivity contribution is -0.128. The van der Waals surface area contributed by atoms with Gasteiger partial charge >= 0.3 is 0 Å². The number of likely N-dealkylation sites (N-methyl/N-ethyl adjacent to an activating group) is 1. The van der Waals surface area contributed by atoms with Gasteiger partial charge < -0.3 is 15.4 Å². The highest BCUT2D eigenvalue weighted by molar-refractivity contribution is 5.77. The van der Waals surface area contributed by atoms with Crippen LogP contribution in [0.1, 0.15) is 36.5 Å². The van der Waals surface area contributed by atoms with E-state index in [2.05, 4.69) is 19.9 Å². The molecule has 0 atom stereocenters. The Morgan fingerprint density at radius 3 is 2.53 bits per heavy atom. The van der Waals surface area contributed by atoms with Gasteiger partial charge in [0.25, 0.3) is 0 Å². The topological polar surface area (TPSA) is 55.6 Å². The smallest absolute Gasteiger partial charge is 0.236 e. The lowest BCUT2D eigenvalue weighted by atomic mass is 9.96. The number of amides is 1. The average molecular weight is 264 g/mol. The number of rotatable bonds is 5. The van der Waals surface area contributed by atoms with Crippen LogP contribution in [-0.4, -0.2) is 31.5 Å². The summed E-state index contributed by atoms with van der Waals surface area (Å²) in [5.74, 6) is 1.23. The van der Waals surface area contributed by atoms with Crippen molar-refractivity contribution in [1.29, 1.82) is 0 Å². The fourth-order valence-corrected chi connectivity index (χ4v) is 2.04. The van der Waals surface area contributed by atoms with Gasteiger partial charge in [-0.05, 0) is 41.7 Å². The molecular formula is C15H24N2O2. The molecular weight excluding hydrogens is 240 g/mol. The van der Waals surface area contributed by atoms with E-state index in [0.29, 0.717) is 12.5 Å². The van der Waals surface area contributed by atoms with E-state index in [1.54, 1.807) is 19.1 Å². The fourth-order valence-electron chi connectivity index (χ4n) is 2.04. The van der Waals surface area contributed by atoms with Crippen LogP contribution in [0.4, 0.5) is 0 Å². The molecule has 1 aromatic rings. The molecule has 0 fully saturated rings. The van der Waals surface area contributed by atoms with Gasteiger partial charge in [-0.25, -0.2) is 0 Å². The summed E-state index contributed by atoms with van der Waals surface area (Å²) >= 11 is 0. The maximum Gasteiger partial charge on any atom is 0.236 e. The van der Waals surface area contributed by atoms with E-state index < -0.39 is 0 Å². The molecule has 19 heavy (non-hydrogen) atoms. The highest BCUT2D eigenvalue weighted by Gasteiger charge is 2.14. The van der Waals surface area contributed by atoms with Crippen LogP contribution in [0.5, 0.6) is 5.75 Å². The fraction of sp³-hybridized carbons (Fsp3) is 0.533. The van der Waals surface area contributed by atoms with Crippen LogP contribution in [0.25, 0.3) is 0 Å². The van der Waals surface area contributed by atoms with Gasteiger partial charge in [0, 0.05) is 13.6 Å². The van der Waals surface area contributed by atoms with Crippen LogP contribution >= 0.6 is 0 Å². The molecule has 0 aromatic heterocycles. The molecule has 0 aliphatic heterocycles. The van der Waals surface area contributed by atoms with Crippen molar-refractivity contribution in [1.82, 2.24) is 4.90 Å². The second-order valence-electron chi connectivity index (χ2n) is 5.13. The van der Waals surface area contributed by atoms with E-state index in [1.165, 1.54) is 0 Å². The first-order valence-corrected chi connectivity index (χ1v) is 6.52. The average Bonchev–Trinajstić information content (AvgIpc) is 2.38. The molecule has 4 nitrogen and oxygen atoms in total. The Kier molecular flexibility index (Phi) is 5.36. The molecule has 0 unspecified atom stereocenters. The maximum atomic E-state index is 11.5. The van der Waals surface area contributed by atoms with Gasteiger partial charge in [0.2, 0.25) is 5.91 Å². The van der Waals surface area contributed by atoms with Gasteiger partial charge in [-0.1, -0.05) is 13.8 Å². The molecule has 1 amide bonds. The summed E-state index contributed by atoms with van der Waals surface area (Å²) < 4.78 is 5.42. The summed E-state index contributed by atoms with van der Waals surface area (Å²) in [7, 11) is 3.46. The van der Waals surface area contributed by atoms with E-state index in [1.807, 2.05) is 13.0 Å². The summed E-state index contributed by atoms with van der Waals surface area (Å²) in [5.41, 5.74) is 8.80. The molecule has 0 heterocycles. The summed E-state index contributed by atoms with van der Waals surface area (Å²) in [6.45, 7) is 6.91. The quantitative estimate of drug-likeness (QED) is 0.885. The number of carbonyl (C=O) groups is 1. The van der Waals surface area contributed by atoms with Crippen molar-refractivity contribution in [2.24, 2.45) is 5.73 Å². The van der Waals surface area contributed by atoms with Gasteiger partial charge in [0.15, 0.2) is 0 Å². The molecule has 0 saturated heterocycles. The summed E-state index contributed by atoms with van der Waals surface area (Å²) in [6.07, 6.45) is 0. The SMILES string of the molecule is COc1cc(C)c(CN(C)C(=O)CN)cc1C(C)C. The van der Waals surface area contributed by atoms with Gasteiger partial charge in [0.05, 0.1) is 13.7 Å². The maximum absolute atomic E-state index is 11.5. The largest absolute Gasteiger partial charge is 0.496 e. The minimum absolute atomic E-state index is 0.0444. The molecule has 4 heteroatoms. The molecule has 0 aliphatic rings. The van der Waals surface area contributed by atoms with Crippen molar-refractivity contribution in [3.05, 3.63) is 28.8 Å². The number of hydrogen-bond donors (Lipinski definition) is 1. The number of hydrogen-bond acceptors (Lipinski definition) is 3. The zero-order valence-corrected chi connectivity index (χ0v) is 12.5. The normalized spacial score (nSPS) is 10.7. The van der Waals surface area contributed by atoms with Gasteiger partial charge in [-0.3, -0.25) is 4.79 Å². The number of ether oxygens (including phenoxy) is 1. The van der Waals surface area contributed by atoms with Crippen molar-refractivity contribution in [3.63, 3.8) is 0 Å². The zero-order chi connectivity index (χ0) is 14.6. The Hall–Kier alpha value is -1.55. The summed E-state index contributed by atoms with van der Waals surface area (Å²) in [6, 6.07) is 4.16. The number of aryl methyl sites for hydroxylation is 1. The predicted molar refractivity (Wildman–Crippen MR) is 77.3 cm³/mol. The van der Waals surface area contributed by atoms with E-state index in [9.17, 15) is 4.79 Å². The Balaban J connectivity index is 3.08. The van der Waals surface area contributed by atoms with Crippen LogP contribution in [0, 0.1) is 6.92 Å². The minimum Gasteiger partial charge on any atom is -0.496 e. The van der Waals surface area contributed by atoms with E-state index >= 15 is 0 Å². The van der Waals surface area contributed by atoms with Crippen LogP contribution < -0.4 is 10.5 Å². The minimum atomic E-state index is -0.0543. The monoisotopic (exact) mass is 264 g/mol. The first-order chi connectivity index (χ1) is 8.90. The second kappa shape index (κ2) is 6.57. The Bertz CT molecular complexity index is 456. The molecule has 1 rings (SSSR count). The van der Waals surface area contributed by atoms with E-state index in [4.69, 9.17) is 10.5 Å². The molecule has 2 N–H and O–H groups in total. The molecule has 0 radical (unpaired) electrons. The molecule has 0 saturated carbocycles. The van der Waals surface area contributed by atoms with Crippen LogP contribution in [0.15, 0.2) is 12.1 Å². The van der Waals surface area contributed by atoms with Crippen molar-refractivity contribution < 1.29 is 9.53 Å². The molecule has 0 spiro atoms.